The maximum absolute atomic E-state index is 11.7. The smallest absolute Gasteiger partial charge is 0.237 e. The molecule has 0 radical (unpaired) electrons. The minimum atomic E-state index is -0.191. The lowest BCUT2D eigenvalue weighted by atomic mass is 10.3. The molecule has 1 heterocycles. The minimum absolute atomic E-state index is 0.0598. The van der Waals surface area contributed by atoms with Gasteiger partial charge >= 0.3 is 0 Å². The predicted molar refractivity (Wildman–Crippen MR) is 66.5 cm³/mol. The predicted octanol–water partition coefficient (Wildman–Crippen LogP) is 1.38. The van der Waals surface area contributed by atoms with Crippen LogP contribution in [-0.4, -0.2) is 18.0 Å². The topological polar surface area (TPSA) is 64.9 Å². The van der Waals surface area contributed by atoms with E-state index in [2.05, 4.69) is 16.7 Å². The lowest BCUT2D eigenvalue weighted by Crippen LogP contribution is -2.42. The molecule has 0 aliphatic heterocycles. The van der Waals surface area contributed by atoms with E-state index in [1.807, 2.05) is 13.0 Å². The fraction of sp³-hybridized carbons (Fsp3) is 0.500. The van der Waals surface area contributed by atoms with Gasteiger partial charge in [0.2, 0.25) is 5.91 Å². The fourth-order valence-corrected chi connectivity index (χ4v) is 2.19. The SMILES string of the molecule is CC(NCc1ccc(C#N)s1)C(=O)NC1CC1. The summed E-state index contributed by atoms with van der Waals surface area (Å²) in [5.41, 5.74) is 0. The van der Waals surface area contributed by atoms with Gasteiger partial charge in [-0.3, -0.25) is 4.79 Å². The molecular formula is C12H15N3OS. The molecule has 1 aliphatic rings. The van der Waals surface area contributed by atoms with Gasteiger partial charge in [-0.05, 0) is 31.9 Å². The summed E-state index contributed by atoms with van der Waals surface area (Å²) >= 11 is 1.46. The quantitative estimate of drug-likeness (QED) is 0.828. The second kappa shape index (κ2) is 5.30. The number of hydrogen-bond donors (Lipinski definition) is 2. The van der Waals surface area contributed by atoms with Crippen molar-refractivity contribution in [3.8, 4) is 6.07 Å². The molecule has 1 unspecified atom stereocenters. The van der Waals surface area contributed by atoms with Gasteiger partial charge in [0.15, 0.2) is 0 Å². The summed E-state index contributed by atoms with van der Waals surface area (Å²) in [5.74, 6) is 0.0598. The number of nitrogens with zero attached hydrogens (tertiary/aromatic N) is 1. The monoisotopic (exact) mass is 249 g/mol. The molecule has 1 atom stereocenters. The van der Waals surface area contributed by atoms with Crippen LogP contribution in [0.3, 0.4) is 0 Å². The molecule has 5 heteroatoms. The largest absolute Gasteiger partial charge is 0.352 e. The lowest BCUT2D eigenvalue weighted by molar-refractivity contribution is -0.122. The van der Waals surface area contributed by atoms with Gasteiger partial charge < -0.3 is 10.6 Å². The van der Waals surface area contributed by atoms with Gasteiger partial charge in [0.1, 0.15) is 10.9 Å². The van der Waals surface area contributed by atoms with Gasteiger partial charge in [0.05, 0.1) is 6.04 Å². The zero-order valence-corrected chi connectivity index (χ0v) is 10.5. The van der Waals surface area contributed by atoms with Crippen molar-refractivity contribution in [1.82, 2.24) is 10.6 Å². The first kappa shape index (κ1) is 12.1. The van der Waals surface area contributed by atoms with Crippen molar-refractivity contribution in [3.63, 3.8) is 0 Å². The molecule has 1 aliphatic carbocycles. The van der Waals surface area contributed by atoms with Crippen LogP contribution in [0.15, 0.2) is 12.1 Å². The van der Waals surface area contributed by atoms with Crippen LogP contribution in [0.4, 0.5) is 0 Å². The Hall–Kier alpha value is -1.38. The van der Waals surface area contributed by atoms with Gasteiger partial charge in [-0.1, -0.05) is 0 Å². The molecule has 1 amide bonds. The molecule has 4 nitrogen and oxygen atoms in total. The Labute approximate surface area is 105 Å². The Kier molecular flexibility index (Phi) is 3.77. The summed E-state index contributed by atoms with van der Waals surface area (Å²) in [4.78, 5) is 13.4. The van der Waals surface area contributed by atoms with Crippen molar-refractivity contribution >= 4 is 17.2 Å². The second-order valence-electron chi connectivity index (χ2n) is 4.26. The molecule has 1 saturated carbocycles. The van der Waals surface area contributed by atoms with Gasteiger partial charge in [-0.15, -0.1) is 11.3 Å². The average molecular weight is 249 g/mol. The number of thiophene rings is 1. The Morgan fingerprint density at radius 2 is 2.41 bits per heavy atom. The molecule has 2 N–H and O–H groups in total. The van der Waals surface area contributed by atoms with E-state index in [9.17, 15) is 4.79 Å². The van der Waals surface area contributed by atoms with Crippen LogP contribution in [0, 0.1) is 11.3 Å². The summed E-state index contributed by atoms with van der Waals surface area (Å²) in [5, 5.41) is 14.8. The second-order valence-corrected chi connectivity index (χ2v) is 5.43. The van der Waals surface area contributed by atoms with Crippen molar-refractivity contribution in [2.75, 3.05) is 0 Å². The molecule has 0 aromatic carbocycles. The van der Waals surface area contributed by atoms with Gasteiger partial charge in [-0.25, -0.2) is 0 Å². The van der Waals surface area contributed by atoms with Crippen molar-refractivity contribution < 1.29 is 4.79 Å². The standard InChI is InChI=1S/C12H15N3OS/c1-8(12(16)15-9-2-3-9)14-7-11-5-4-10(6-13)17-11/h4-5,8-9,14H,2-3,7H2,1H3,(H,15,16). The molecule has 2 rings (SSSR count). The highest BCUT2D eigenvalue weighted by atomic mass is 32.1. The fourth-order valence-electron chi connectivity index (χ4n) is 1.43. The van der Waals surface area contributed by atoms with Gasteiger partial charge in [0, 0.05) is 17.5 Å². The van der Waals surface area contributed by atoms with Crippen LogP contribution >= 0.6 is 11.3 Å². The zero-order chi connectivity index (χ0) is 12.3. The van der Waals surface area contributed by atoms with Crippen molar-refractivity contribution in [3.05, 3.63) is 21.9 Å². The minimum Gasteiger partial charge on any atom is -0.352 e. The third-order valence-corrected chi connectivity index (χ3v) is 3.66. The first-order valence-corrected chi connectivity index (χ1v) is 6.53. The first-order chi connectivity index (χ1) is 8.19. The molecule has 0 bridgehead atoms. The van der Waals surface area contributed by atoms with E-state index < -0.39 is 0 Å². The Morgan fingerprint density at radius 3 is 3.00 bits per heavy atom. The third-order valence-electron chi connectivity index (χ3n) is 2.67. The molecule has 1 fully saturated rings. The Balaban J connectivity index is 1.76. The molecule has 1 aromatic heterocycles. The molecule has 1 aromatic rings. The number of amides is 1. The summed E-state index contributed by atoms with van der Waals surface area (Å²) < 4.78 is 0. The van der Waals surface area contributed by atoms with Crippen LogP contribution < -0.4 is 10.6 Å². The summed E-state index contributed by atoms with van der Waals surface area (Å²) in [7, 11) is 0. The van der Waals surface area contributed by atoms with Crippen molar-refractivity contribution in [2.24, 2.45) is 0 Å². The normalized spacial score (nSPS) is 16.2. The zero-order valence-electron chi connectivity index (χ0n) is 9.69. The van der Waals surface area contributed by atoms with Gasteiger partial charge in [-0.2, -0.15) is 5.26 Å². The highest BCUT2D eigenvalue weighted by Gasteiger charge is 2.25. The van der Waals surface area contributed by atoms with Crippen LogP contribution in [-0.2, 0) is 11.3 Å². The number of carbonyl (C=O) groups is 1. The van der Waals surface area contributed by atoms with Gasteiger partial charge in [0.25, 0.3) is 0 Å². The van der Waals surface area contributed by atoms with E-state index in [4.69, 9.17) is 5.26 Å². The summed E-state index contributed by atoms with van der Waals surface area (Å²) in [6.07, 6.45) is 2.21. The first-order valence-electron chi connectivity index (χ1n) is 5.71. The number of carbonyl (C=O) groups excluding carboxylic acids is 1. The molecule has 90 valence electrons. The highest BCUT2D eigenvalue weighted by Crippen LogP contribution is 2.18. The number of nitrogens with one attached hydrogen (secondary N) is 2. The Morgan fingerprint density at radius 1 is 1.65 bits per heavy atom. The molecule has 0 spiro atoms. The van der Waals surface area contributed by atoms with Crippen molar-refractivity contribution in [2.45, 2.75) is 38.4 Å². The Bertz CT molecular complexity index is 445. The molecule has 0 saturated heterocycles. The van der Waals surface area contributed by atoms with E-state index >= 15 is 0 Å². The third kappa shape index (κ3) is 3.55. The highest BCUT2D eigenvalue weighted by molar-refractivity contribution is 7.12. The van der Waals surface area contributed by atoms with Crippen molar-refractivity contribution in [1.29, 1.82) is 5.26 Å². The van der Waals surface area contributed by atoms with Crippen LogP contribution in [0.1, 0.15) is 29.5 Å². The lowest BCUT2D eigenvalue weighted by Gasteiger charge is -2.12. The summed E-state index contributed by atoms with van der Waals surface area (Å²) in [6.45, 7) is 2.49. The van der Waals surface area contributed by atoms with E-state index in [-0.39, 0.29) is 11.9 Å². The van der Waals surface area contributed by atoms with E-state index in [1.165, 1.54) is 11.3 Å². The summed E-state index contributed by atoms with van der Waals surface area (Å²) in [6, 6.07) is 6.03. The number of nitriles is 1. The maximum atomic E-state index is 11.7. The maximum Gasteiger partial charge on any atom is 0.237 e. The van der Waals surface area contributed by atoms with Crippen LogP contribution in [0.5, 0.6) is 0 Å². The number of rotatable bonds is 5. The van der Waals surface area contributed by atoms with Crippen LogP contribution in [0.25, 0.3) is 0 Å². The van der Waals surface area contributed by atoms with E-state index in [1.54, 1.807) is 6.07 Å². The van der Waals surface area contributed by atoms with E-state index in [0.717, 1.165) is 17.7 Å². The number of hydrogen-bond acceptors (Lipinski definition) is 4. The van der Waals surface area contributed by atoms with Crippen LogP contribution in [0.2, 0.25) is 0 Å². The van der Waals surface area contributed by atoms with E-state index in [0.29, 0.717) is 17.5 Å². The molecular weight excluding hydrogens is 234 g/mol. The average Bonchev–Trinajstić information content (AvgIpc) is 3.02. The molecule has 17 heavy (non-hydrogen) atoms.